The van der Waals surface area contributed by atoms with Crippen molar-refractivity contribution in [3.05, 3.63) is 91.9 Å². The van der Waals surface area contributed by atoms with Crippen molar-refractivity contribution in [2.45, 2.75) is 13.2 Å². The van der Waals surface area contributed by atoms with E-state index in [0.29, 0.717) is 33.2 Å². The summed E-state index contributed by atoms with van der Waals surface area (Å²) in [6.07, 6.45) is 0. The summed E-state index contributed by atoms with van der Waals surface area (Å²) in [6.45, 7) is 1.04. The Labute approximate surface area is 172 Å². The monoisotopic (exact) mass is 425 g/mol. The van der Waals surface area contributed by atoms with E-state index in [4.69, 9.17) is 51.1 Å². The van der Waals surface area contributed by atoms with Gasteiger partial charge in [-0.15, -0.1) is 0 Å². The van der Waals surface area contributed by atoms with Gasteiger partial charge in [-0.05, 0) is 53.6 Å². The molecule has 3 aromatic carbocycles. The topological polar surface area (TPSA) is 21.3 Å². The zero-order chi connectivity index (χ0) is 18.5. The van der Waals surface area contributed by atoms with E-state index >= 15 is 0 Å². The minimum atomic E-state index is 0.414. The maximum atomic E-state index is 6.03. The van der Waals surface area contributed by atoms with E-state index in [1.807, 2.05) is 42.5 Å². The van der Waals surface area contributed by atoms with Crippen LogP contribution < -0.4 is 10.1 Å². The van der Waals surface area contributed by atoms with Crippen LogP contribution in [0.2, 0.25) is 20.1 Å². The molecule has 0 amide bonds. The summed E-state index contributed by atoms with van der Waals surface area (Å²) in [4.78, 5) is 0. The van der Waals surface area contributed by atoms with Crippen LogP contribution in [-0.2, 0) is 13.2 Å². The number of nitrogens with one attached hydrogen (secondary N) is 1. The Bertz CT molecular complexity index is 894. The standard InChI is InChI=1S/C20H15Cl4NO/c21-15-8-16(22)10-17(9-15)25-11-13-2-1-3-18(6-13)26-12-14-4-5-19(23)20(24)7-14/h1-10,25H,11-12H2. The van der Waals surface area contributed by atoms with Crippen molar-refractivity contribution in [1.82, 2.24) is 0 Å². The van der Waals surface area contributed by atoms with Crippen molar-refractivity contribution in [3.63, 3.8) is 0 Å². The van der Waals surface area contributed by atoms with Gasteiger partial charge in [-0.3, -0.25) is 0 Å². The number of anilines is 1. The van der Waals surface area contributed by atoms with Gasteiger partial charge in [0.15, 0.2) is 0 Å². The van der Waals surface area contributed by atoms with Crippen LogP contribution in [0, 0.1) is 0 Å². The Morgan fingerprint density at radius 3 is 2.23 bits per heavy atom. The van der Waals surface area contributed by atoms with Gasteiger partial charge in [-0.1, -0.05) is 64.6 Å². The van der Waals surface area contributed by atoms with E-state index in [1.165, 1.54) is 0 Å². The van der Waals surface area contributed by atoms with Crippen LogP contribution in [0.15, 0.2) is 60.7 Å². The highest BCUT2D eigenvalue weighted by atomic mass is 35.5. The molecule has 134 valence electrons. The predicted molar refractivity (Wildman–Crippen MR) is 111 cm³/mol. The Balaban J connectivity index is 1.61. The highest BCUT2D eigenvalue weighted by molar-refractivity contribution is 6.42. The fraction of sp³-hybridized carbons (Fsp3) is 0.100. The van der Waals surface area contributed by atoms with Crippen LogP contribution in [0.1, 0.15) is 11.1 Å². The van der Waals surface area contributed by atoms with E-state index in [1.54, 1.807) is 18.2 Å². The number of hydrogen-bond acceptors (Lipinski definition) is 2. The van der Waals surface area contributed by atoms with Gasteiger partial charge in [0, 0.05) is 22.3 Å². The van der Waals surface area contributed by atoms with Crippen molar-refractivity contribution in [1.29, 1.82) is 0 Å². The van der Waals surface area contributed by atoms with Gasteiger partial charge < -0.3 is 10.1 Å². The quantitative estimate of drug-likeness (QED) is 0.440. The number of ether oxygens (including phenoxy) is 1. The molecule has 0 heterocycles. The molecule has 0 aliphatic carbocycles. The maximum Gasteiger partial charge on any atom is 0.120 e. The smallest absolute Gasteiger partial charge is 0.120 e. The lowest BCUT2D eigenvalue weighted by Crippen LogP contribution is -2.01. The number of hydrogen-bond donors (Lipinski definition) is 1. The Hall–Kier alpha value is -1.58. The first-order valence-electron chi connectivity index (χ1n) is 7.85. The largest absolute Gasteiger partial charge is 0.489 e. The third-order valence-corrected chi connectivity index (χ3v) is 4.82. The normalized spacial score (nSPS) is 10.6. The molecule has 26 heavy (non-hydrogen) atoms. The molecule has 0 saturated heterocycles. The minimum Gasteiger partial charge on any atom is -0.489 e. The number of benzene rings is 3. The lowest BCUT2D eigenvalue weighted by atomic mass is 10.2. The van der Waals surface area contributed by atoms with Crippen molar-refractivity contribution < 1.29 is 4.74 Å². The first-order chi connectivity index (χ1) is 12.5. The van der Waals surface area contributed by atoms with Gasteiger partial charge in [0.05, 0.1) is 10.0 Å². The van der Waals surface area contributed by atoms with Crippen molar-refractivity contribution in [2.24, 2.45) is 0 Å². The molecule has 0 atom stereocenters. The summed E-state index contributed by atoms with van der Waals surface area (Å²) < 4.78 is 5.85. The zero-order valence-corrected chi connectivity index (χ0v) is 16.6. The van der Waals surface area contributed by atoms with E-state index in [-0.39, 0.29) is 0 Å². The van der Waals surface area contributed by atoms with Crippen molar-refractivity contribution >= 4 is 52.1 Å². The molecule has 0 saturated carbocycles. The van der Waals surface area contributed by atoms with E-state index in [0.717, 1.165) is 22.6 Å². The second-order valence-electron chi connectivity index (χ2n) is 5.70. The molecule has 1 N–H and O–H groups in total. The lowest BCUT2D eigenvalue weighted by Gasteiger charge is -2.11. The Kier molecular flexibility index (Phi) is 6.55. The van der Waals surface area contributed by atoms with E-state index in [2.05, 4.69) is 5.32 Å². The average molecular weight is 427 g/mol. The van der Waals surface area contributed by atoms with Crippen LogP contribution in [-0.4, -0.2) is 0 Å². The van der Waals surface area contributed by atoms with Crippen molar-refractivity contribution in [3.8, 4) is 5.75 Å². The first kappa shape index (κ1) is 19.2. The van der Waals surface area contributed by atoms with E-state index in [9.17, 15) is 0 Å². The highest BCUT2D eigenvalue weighted by Gasteiger charge is 2.03. The van der Waals surface area contributed by atoms with Gasteiger partial charge in [-0.25, -0.2) is 0 Å². The molecule has 0 aliphatic heterocycles. The molecule has 0 fully saturated rings. The van der Waals surface area contributed by atoms with Gasteiger partial charge in [0.2, 0.25) is 0 Å². The minimum absolute atomic E-state index is 0.414. The van der Waals surface area contributed by atoms with Gasteiger partial charge >= 0.3 is 0 Å². The Morgan fingerprint density at radius 1 is 0.731 bits per heavy atom. The number of rotatable bonds is 6. The fourth-order valence-electron chi connectivity index (χ4n) is 2.40. The van der Waals surface area contributed by atoms with E-state index < -0.39 is 0 Å². The molecule has 0 aromatic heterocycles. The molecule has 3 rings (SSSR count). The maximum absolute atomic E-state index is 6.03. The second kappa shape index (κ2) is 8.88. The second-order valence-corrected chi connectivity index (χ2v) is 7.38. The average Bonchev–Trinajstić information content (AvgIpc) is 2.61. The summed E-state index contributed by atoms with van der Waals surface area (Å²) in [5.74, 6) is 0.777. The summed E-state index contributed by atoms with van der Waals surface area (Å²) in [6, 6.07) is 18.7. The van der Waals surface area contributed by atoms with Crippen LogP contribution >= 0.6 is 46.4 Å². The van der Waals surface area contributed by atoms with Gasteiger partial charge in [0.1, 0.15) is 12.4 Å². The van der Waals surface area contributed by atoms with Crippen LogP contribution in [0.25, 0.3) is 0 Å². The predicted octanol–water partition coefficient (Wildman–Crippen LogP) is 7.49. The molecule has 0 spiro atoms. The molecule has 0 radical (unpaired) electrons. The van der Waals surface area contributed by atoms with Crippen LogP contribution in [0.3, 0.4) is 0 Å². The Morgan fingerprint density at radius 2 is 1.50 bits per heavy atom. The molecular formula is C20H15Cl4NO. The molecule has 6 heteroatoms. The fourth-order valence-corrected chi connectivity index (χ4v) is 3.25. The SMILES string of the molecule is Clc1cc(Cl)cc(NCc2cccc(OCc3ccc(Cl)c(Cl)c3)c2)c1. The third kappa shape index (κ3) is 5.46. The third-order valence-electron chi connectivity index (χ3n) is 3.65. The van der Waals surface area contributed by atoms with Crippen LogP contribution in [0.4, 0.5) is 5.69 Å². The zero-order valence-electron chi connectivity index (χ0n) is 13.6. The summed E-state index contributed by atoms with van der Waals surface area (Å²) in [5.41, 5.74) is 2.90. The highest BCUT2D eigenvalue weighted by Crippen LogP contribution is 2.25. The van der Waals surface area contributed by atoms with Crippen LogP contribution in [0.5, 0.6) is 5.75 Å². The molecule has 3 aromatic rings. The molecule has 0 bridgehead atoms. The van der Waals surface area contributed by atoms with Crippen molar-refractivity contribution in [2.75, 3.05) is 5.32 Å². The molecule has 0 aliphatic rings. The molecule has 0 unspecified atom stereocenters. The summed E-state index contributed by atoms with van der Waals surface area (Å²) in [5, 5.41) is 5.54. The molecule has 2 nitrogen and oxygen atoms in total. The number of halogens is 4. The molecular weight excluding hydrogens is 412 g/mol. The first-order valence-corrected chi connectivity index (χ1v) is 9.36. The lowest BCUT2D eigenvalue weighted by molar-refractivity contribution is 0.306. The summed E-state index contributed by atoms with van der Waals surface area (Å²) in [7, 11) is 0. The summed E-state index contributed by atoms with van der Waals surface area (Å²) >= 11 is 24.0. The van der Waals surface area contributed by atoms with Gasteiger partial charge in [0.25, 0.3) is 0 Å². The van der Waals surface area contributed by atoms with Gasteiger partial charge in [-0.2, -0.15) is 0 Å².